The van der Waals surface area contributed by atoms with Gasteiger partial charge in [0.1, 0.15) is 17.2 Å². The molecular formula is C14H12O5. The third-order valence-electron chi connectivity index (χ3n) is 2.27. The van der Waals surface area contributed by atoms with E-state index in [0.717, 1.165) is 0 Å². The average Bonchev–Trinajstić information content (AvgIpc) is 2.41. The van der Waals surface area contributed by atoms with Crippen molar-refractivity contribution in [3.8, 4) is 17.2 Å². The lowest BCUT2D eigenvalue weighted by molar-refractivity contribution is -0.158. The van der Waals surface area contributed by atoms with Gasteiger partial charge in [0.05, 0.1) is 0 Å². The number of ether oxygens (including phenoxy) is 2. The van der Waals surface area contributed by atoms with Crippen LogP contribution in [0.25, 0.3) is 0 Å². The van der Waals surface area contributed by atoms with Crippen LogP contribution in [0.3, 0.4) is 0 Å². The van der Waals surface area contributed by atoms with Gasteiger partial charge in [-0.1, -0.05) is 18.2 Å². The van der Waals surface area contributed by atoms with E-state index in [4.69, 9.17) is 19.7 Å². The Kier molecular flexibility index (Phi) is 3.87. The van der Waals surface area contributed by atoms with Crippen LogP contribution in [0.2, 0.25) is 0 Å². The summed E-state index contributed by atoms with van der Waals surface area (Å²) in [4.78, 5) is 11.1. The van der Waals surface area contributed by atoms with Crippen LogP contribution in [0, 0.1) is 0 Å². The maximum Gasteiger partial charge on any atom is 0.387 e. The van der Waals surface area contributed by atoms with Gasteiger partial charge in [-0.15, -0.1) is 0 Å². The molecule has 1 atom stereocenters. The number of aromatic hydroxyl groups is 1. The molecule has 1 unspecified atom stereocenters. The van der Waals surface area contributed by atoms with Gasteiger partial charge >= 0.3 is 12.3 Å². The molecule has 0 aliphatic carbocycles. The summed E-state index contributed by atoms with van der Waals surface area (Å²) in [5.41, 5.74) is 0. The number of carboxylic acid groups (broad SMARTS) is 1. The van der Waals surface area contributed by atoms with Gasteiger partial charge in [0.25, 0.3) is 0 Å². The highest BCUT2D eigenvalue weighted by atomic mass is 16.7. The van der Waals surface area contributed by atoms with Crippen molar-refractivity contribution < 1.29 is 24.5 Å². The second-order valence-electron chi connectivity index (χ2n) is 3.71. The van der Waals surface area contributed by atoms with E-state index in [2.05, 4.69) is 0 Å². The van der Waals surface area contributed by atoms with E-state index in [1.165, 1.54) is 24.3 Å². The number of aliphatic carboxylic acids is 1. The first-order valence-corrected chi connectivity index (χ1v) is 5.55. The highest BCUT2D eigenvalue weighted by molar-refractivity contribution is 5.71. The molecule has 0 bridgehead atoms. The smallest absolute Gasteiger partial charge is 0.387 e. The molecule has 2 rings (SSSR count). The SMILES string of the molecule is O=C(O)C(Oc1ccccc1)Oc1ccc(O)cc1. The normalized spacial score (nSPS) is 11.6. The summed E-state index contributed by atoms with van der Waals surface area (Å²) in [6.07, 6.45) is -1.45. The van der Waals surface area contributed by atoms with Crippen LogP contribution in [-0.4, -0.2) is 22.5 Å². The Hall–Kier alpha value is -2.69. The highest BCUT2D eigenvalue weighted by Crippen LogP contribution is 2.19. The number of phenols is 1. The first-order chi connectivity index (χ1) is 9.15. The summed E-state index contributed by atoms with van der Waals surface area (Å²) >= 11 is 0. The van der Waals surface area contributed by atoms with Crippen LogP contribution in [0.1, 0.15) is 0 Å². The molecule has 2 aromatic rings. The van der Waals surface area contributed by atoms with E-state index in [1.54, 1.807) is 30.3 Å². The van der Waals surface area contributed by atoms with Crippen molar-refractivity contribution in [2.24, 2.45) is 0 Å². The Labute approximate surface area is 109 Å². The lowest BCUT2D eigenvalue weighted by Crippen LogP contribution is -2.33. The summed E-state index contributed by atoms with van der Waals surface area (Å²) in [5, 5.41) is 18.2. The molecule has 0 fully saturated rings. The van der Waals surface area contributed by atoms with Gasteiger partial charge in [-0.2, -0.15) is 0 Å². The molecule has 0 aliphatic rings. The molecule has 0 aliphatic heterocycles. The predicted molar refractivity (Wildman–Crippen MR) is 67.2 cm³/mol. The molecule has 0 radical (unpaired) electrons. The molecule has 0 saturated heterocycles. The maximum absolute atomic E-state index is 11.1. The summed E-state index contributed by atoms with van der Waals surface area (Å²) in [6, 6.07) is 14.2. The van der Waals surface area contributed by atoms with Crippen molar-refractivity contribution >= 4 is 5.97 Å². The molecule has 2 aromatic carbocycles. The minimum atomic E-state index is -1.45. The quantitative estimate of drug-likeness (QED) is 0.806. The van der Waals surface area contributed by atoms with E-state index < -0.39 is 12.3 Å². The largest absolute Gasteiger partial charge is 0.508 e. The van der Waals surface area contributed by atoms with E-state index in [9.17, 15) is 4.79 Å². The Morgan fingerprint density at radius 2 is 1.42 bits per heavy atom. The summed E-state index contributed by atoms with van der Waals surface area (Å²) < 4.78 is 10.4. The van der Waals surface area contributed by atoms with Crippen molar-refractivity contribution in [3.63, 3.8) is 0 Å². The predicted octanol–water partition coefficient (Wildman–Crippen LogP) is 2.26. The number of rotatable bonds is 5. The summed E-state index contributed by atoms with van der Waals surface area (Å²) in [7, 11) is 0. The van der Waals surface area contributed by atoms with E-state index >= 15 is 0 Å². The monoisotopic (exact) mass is 260 g/mol. The minimum Gasteiger partial charge on any atom is -0.508 e. The number of phenolic OH excluding ortho intramolecular Hbond substituents is 1. The maximum atomic E-state index is 11.1. The first kappa shape index (κ1) is 12.8. The van der Waals surface area contributed by atoms with Crippen LogP contribution < -0.4 is 9.47 Å². The number of hydrogen-bond acceptors (Lipinski definition) is 4. The molecule has 0 spiro atoms. The van der Waals surface area contributed by atoms with Crippen molar-refractivity contribution in [1.29, 1.82) is 0 Å². The van der Waals surface area contributed by atoms with Crippen LogP contribution >= 0.6 is 0 Å². The Morgan fingerprint density at radius 1 is 0.895 bits per heavy atom. The number of benzene rings is 2. The Morgan fingerprint density at radius 3 is 1.95 bits per heavy atom. The van der Waals surface area contributed by atoms with Crippen LogP contribution in [0.5, 0.6) is 17.2 Å². The van der Waals surface area contributed by atoms with Crippen molar-refractivity contribution in [2.45, 2.75) is 6.29 Å². The van der Waals surface area contributed by atoms with E-state index in [0.29, 0.717) is 11.5 Å². The third kappa shape index (κ3) is 3.64. The zero-order chi connectivity index (χ0) is 13.7. The van der Waals surface area contributed by atoms with Crippen molar-refractivity contribution in [1.82, 2.24) is 0 Å². The minimum absolute atomic E-state index is 0.0724. The van der Waals surface area contributed by atoms with Gasteiger partial charge in [0, 0.05) is 0 Å². The van der Waals surface area contributed by atoms with Gasteiger partial charge in [-0.25, -0.2) is 4.79 Å². The van der Waals surface area contributed by atoms with Crippen LogP contribution in [0.4, 0.5) is 0 Å². The fraction of sp³-hybridized carbons (Fsp3) is 0.0714. The van der Waals surface area contributed by atoms with E-state index in [1.807, 2.05) is 0 Å². The number of para-hydroxylation sites is 1. The number of hydrogen-bond donors (Lipinski definition) is 2. The summed E-state index contributed by atoms with van der Waals surface area (Å²) in [5.74, 6) is -0.477. The van der Waals surface area contributed by atoms with E-state index in [-0.39, 0.29) is 5.75 Å². The van der Waals surface area contributed by atoms with Crippen molar-refractivity contribution in [3.05, 3.63) is 54.6 Å². The molecule has 0 amide bonds. The molecule has 19 heavy (non-hydrogen) atoms. The zero-order valence-corrected chi connectivity index (χ0v) is 9.89. The number of carbonyl (C=O) groups is 1. The molecule has 0 saturated carbocycles. The Bertz CT molecular complexity index is 536. The average molecular weight is 260 g/mol. The molecule has 5 heteroatoms. The van der Waals surface area contributed by atoms with Crippen LogP contribution in [-0.2, 0) is 4.79 Å². The van der Waals surface area contributed by atoms with Gasteiger partial charge in [-0.05, 0) is 36.4 Å². The van der Waals surface area contributed by atoms with Crippen LogP contribution in [0.15, 0.2) is 54.6 Å². The fourth-order valence-corrected chi connectivity index (χ4v) is 1.40. The summed E-state index contributed by atoms with van der Waals surface area (Å²) in [6.45, 7) is 0. The van der Waals surface area contributed by atoms with Gasteiger partial charge in [0.2, 0.25) is 0 Å². The molecule has 0 aromatic heterocycles. The Balaban J connectivity index is 2.08. The zero-order valence-electron chi connectivity index (χ0n) is 9.89. The molecule has 5 nitrogen and oxygen atoms in total. The molecule has 0 heterocycles. The standard InChI is InChI=1S/C14H12O5/c15-10-6-8-12(9-7-10)19-14(13(16)17)18-11-4-2-1-3-5-11/h1-9,14-15H,(H,16,17). The first-order valence-electron chi connectivity index (χ1n) is 5.55. The topological polar surface area (TPSA) is 76.0 Å². The van der Waals surface area contributed by atoms with Gasteiger partial charge < -0.3 is 19.7 Å². The number of carboxylic acids is 1. The fourth-order valence-electron chi connectivity index (χ4n) is 1.40. The lowest BCUT2D eigenvalue weighted by atomic mass is 10.3. The third-order valence-corrected chi connectivity index (χ3v) is 2.27. The van der Waals surface area contributed by atoms with Gasteiger partial charge in [-0.3, -0.25) is 0 Å². The lowest BCUT2D eigenvalue weighted by Gasteiger charge is -2.16. The second kappa shape index (κ2) is 5.77. The van der Waals surface area contributed by atoms with Crippen molar-refractivity contribution in [2.75, 3.05) is 0 Å². The molecular weight excluding hydrogens is 248 g/mol. The highest BCUT2D eigenvalue weighted by Gasteiger charge is 2.21. The second-order valence-corrected chi connectivity index (χ2v) is 3.71. The molecule has 98 valence electrons. The molecule has 2 N–H and O–H groups in total. The van der Waals surface area contributed by atoms with Gasteiger partial charge in [0.15, 0.2) is 0 Å².